The largest absolute Gasteiger partial charge is 0.493 e. The molecule has 30 heavy (non-hydrogen) atoms. The minimum atomic E-state index is -0.558. The van der Waals surface area contributed by atoms with Gasteiger partial charge in [0.1, 0.15) is 25.1 Å². The van der Waals surface area contributed by atoms with E-state index in [1.54, 1.807) is 7.11 Å². The topological polar surface area (TPSA) is 54.4 Å². The lowest BCUT2D eigenvalue weighted by Gasteiger charge is -2.24. The zero-order chi connectivity index (χ0) is 21.9. The fourth-order valence-electron chi connectivity index (χ4n) is 2.94. The van der Waals surface area contributed by atoms with E-state index in [0.717, 1.165) is 24.4 Å². The monoisotopic (exact) mass is 416 g/mol. The van der Waals surface area contributed by atoms with Gasteiger partial charge < -0.3 is 24.2 Å². The molecule has 1 atom stereocenters. The third-order valence-corrected chi connectivity index (χ3v) is 4.98. The van der Waals surface area contributed by atoms with Crippen LogP contribution in [0.2, 0.25) is 0 Å². The Bertz CT molecular complexity index is 739. The summed E-state index contributed by atoms with van der Waals surface area (Å²) in [6, 6.07) is 16.1. The van der Waals surface area contributed by atoms with E-state index in [-0.39, 0.29) is 6.61 Å². The van der Waals surface area contributed by atoms with E-state index < -0.39 is 6.10 Å². The molecule has 0 saturated heterocycles. The first-order valence-corrected chi connectivity index (χ1v) is 10.4. The average molecular weight is 417 g/mol. The molecule has 166 valence electrons. The summed E-state index contributed by atoms with van der Waals surface area (Å²) in [4.78, 5) is 4.29. The molecule has 2 rings (SSSR count). The van der Waals surface area contributed by atoms with Gasteiger partial charge in [-0.15, -0.1) is 0 Å². The van der Waals surface area contributed by atoms with E-state index in [4.69, 9.17) is 14.2 Å². The lowest BCUT2D eigenvalue weighted by molar-refractivity contribution is 0.0668. The van der Waals surface area contributed by atoms with Gasteiger partial charge in [0.05, 0.1) is 7.11 Å². The number of benzene rings is 2. The van der Waals surface area contributed by atoms with E-state index in [1.165, 1.54) is 0 Å². The van der Waals surface area contributed by atoms with Gasteiger partial charge in [-0.25, -0.2) is 0 Å². The second-order valence-electron chi connectivity index (χ2n) is 7.88. The molecule has 6 nitrogen and oxygen atoms in total. The number of hydrogen-bond acceptors (Lipinski definition) is 6. The number of ether oxygens (including phenoxy) is 3. The van der Waals surface area contributed by atoms with E-state index >= 15 is 0 Å². The predicted octanol–water partition coefficient (Wildman–Crippen LogP) is 3.29. The number of hydrogen-bond donors (Lipinski definition) is 1. The van der Waals surface area contributed by atoms with Crippen molar-refractivity contribution >= 4 is 0 Å². The molecule has 6 heteroatoms. The van der Waals surface area contributed by atoms with Crippen LogP contribution in [-0.2, 0) is 6.54 Å². The Balaban J connectivity index is 1.82. The van der Waals surface area contributed by atoms with Crippen molar-refractivity contribution in [1.29, 1.82) is 0 Å². The highest BCUT2D eigenvalue weighted by Gasteiger charge is 2.13. The van der Waals surface area contributed by atoms with Gasteiger partial charge in [0.15, 0.2) is 11.5 Å². The summed E-state index contributed by atoms with van der Waals surface area (Å²) in [5.41, 5.74) is 1.13. The fourth-order valence-corrected chi connectivity index (χ4v) is 2.94. The standard InChI is InChI=1S/C24H36N2O4/c1-19(2)26(4)17-21(27)18-30-23-12-11-20(15-24(23)28-5)16-25(3)13-14-29-22-9-7-6-8-10-22/h6-12,15,19,21,27H,13-14,16-18H2,1-5H3/t21-/m1/s1. The molecule has 1 N–H and O–H groups in total. The van der Waals surface area contributed by atoms with Crippen molar-refractivity contribution < 1.29 is 19.3 Å². The van der Waals surface area contributed by atoms with Gasteiger partial charge in [-0.3, -0.25) is 4.90 Å². The number of para-hydroxylation sites is 1. The molecule has 0 saturated carbocycles. The Morgan fingerprint density at radius 3 is 2.37 bits per heavy atom. The number of aliphatic hydroxyl groups excluding tert-OH is 1. The summed E-state index contributed by atoms with van der Waals surface area (Å²) in [6.45, 7) is 7.20. The molecule has 0 aliphatic carbocycles. The van der Waals surface area contributed by atoms with Gasteiger partial charge in [-0.1, -0.05) is 24.3 Å². The number of likely N-dealkylation sites (N-methyl/N-ethyl adjacent to an activating group) is 2. The quantitative estimate of drug-likeness (QED) is 0.541. The zero-order valence-electron chi connectivity index (χ0n) is 18.9. The summed E-state index contributed by atoms with van der Waals surface area (Å²) in [5, 5.41) is 10.2. The minimum Gasteiger partial charge on any atom is -0.493 e. The van der Waals surface area contributed by atoms with E-state index in [1.807, 2.05) is 55.6 Å². The third kappa shape index (κ3) is 8.22. The molecule has 0 aromatic heterocycles. The van der Waals surface area contributed by atoms with Crippen molar-refractivity contribution in [3.63, 3.8) is 0 Å². The van der Waals surface area contributed by atoms with Crippen molar-refractivity contribution in [3.05, 3.63) is 54.1 Å². The first kappa shape index (κ1) is 24.0. The molecule has 0 heterocycles. The Hall–Kier alpha value is -2.28. The van der Waals surface area contributed by atoms with Crippen molar-refractivity contribution in [2.24, 2.45) is 0 Å². The highest BCUT2D eigenvalue weighted by Crippen LogP contribution is 2.28. The van der Waals surface area contributed by atoms with Crippen LogP contribution in [0.15, 0.2) is 48.5 Å². The van der Waals surface area contributed by atoms with Crippen molar-refractivity contribution in [1.82, 2.24) is 9.80 Å². The van der Waals surface area contributed by atoms with Crippen LogP contribution in [0.4, 0.5) is 0 Å². The van der Waals surface area contributed by atoms with Crippen LogP contribution in [-0.4, -0.2) is 74.6 Å². The summed E-state index contributed by atoms with van der Waals surface area (Å²) in [5.74, 6) is 2.20. The number of methoxy groups -OCH3 is 1. The van der Waals surface area contributed by atoms with Gasteiger partial charge >= 0.3 is 0 Å². The SMILES string of the molecule is COc1cc(CN(C)CCOc2ccccc2)ccc1OC[C@H](O)CN(C)C(C)C. The molecule has 0 aliphatic rings. The van der Waals surface area contributed by atoms with Gasteiger partial charge in [-0.2, -0.15) is 0 Å². The molecule has 0 unspecified atom stereocenters. The van der Waals surface area contributed by atoms with Crippen molar-refractivity contribution in [3.8, 4) is 17.2 Å². The van der Waals surface area contributed by atoms with Crippen LogP contribution in [0.3, 0.4) is 0 Å². The molecule has 0 bridgehead atoms. The predicted molar refractivity (Wildman–Crippen MR) is 121 cm³/mol. The van der Waals surface area contributed by atoms with Gasteiger partial charge in [0.25, 0.3) is 0 Å². The van der Waals surface area contributed by atoms with Crippen LogP contribution in [0.1, 0.15) is 19.4 Å². The number of rotatable bonds is 13. The molecular formula is C24H36N2O4. The Morgan fingerprint density at radius 1 is 0.967 bits per heavy atom. The van der Waals surface area contributed by atoms with Crippen molar-refractivity contribution in [2.75, 3.05) is 47.5 Å². The summed E-state index contributed by atoms with van der Waals surface area (Å²) in [6.07, 6.45) is -0.558. The normalized spacial score (nSPS) is 12.4. The second kappa shape index (κ2) is 12.4. The maximum atomic E-state index is 10.2. The first-order valence-electron chi connectivity index (χ1n) is 10.4. The van der Waals surface area contributed by atoms with Gasteiger partial charge in [0, 0.05) is 25.7 Å². The maximum absolute atomic E-state index is 10.2. The Kier molecular flexibility index (Phi) is 9.94. The fraction of sp³-hybridized carbons (Fsp3) is 0.500. The van der Waals surface area contributed by atoms with E-state index in [9.17, 15) is 5.11 Å². The van der Waals surface area contributed by atoms with Crippen LogP contribution < -0.4 is 14.2 Å². The summed E-state index contributed by atoms with van der Waals surface area (Å²) < 4.78 is 17.1. The van der Waals surface area contributed by atoms with Crippen LogP contribution >= 0.6 is 0 Å². The molecule has 2 aromatic carbocycles. The molecule has 0 spiro atoms. The molecule has 2 aromatic rings. The third-order valence-electron chi connectivity index (χ3n) is 4.98. The van der Waals surface area contributed by atoms with Crippen LogP contribution in [0, 0.1) is 0 Å². The second-order valence-corrected chi connectivity index (χ2v) is 7.88. The average Bonchev–Trinajstić information content (AvgIpc) is 2.73. The van der Waals surface area contributed by atoms with Crippen LogP contribution in [0.25, 0.3) is 0 Å². The highest BCUT2D eigenvalue weighted by atomic mass is 16.5. The van der Waals surface area contributed by atoms with Crippen LogP contribution in [0.5, 0.6) is 17.2 Å². The first-order chi connectivity index (χ1) is 14.4. The summed E-state index contributed by atoms with van der Waals surface area (Å²) >= 11 is 0. The number of nitrogens with zero attached hydrogens (tertiary/aromatic N) is 2. The summed E-state index contributed by atoms with van der Waals surface area (Å²) in [7, 11) is 5.68. The van der Waals surface area contributed by atoms with E-state index in [0.29, 0.717) is 30.7 Å². The van der Waals surface area contributed by atoms with Gasteiger partial charge in [-0.05, 0) is 57.8 Å². The molecule has 0 amide bonds. The molecule has 0 radical (unpaired) electrons. The minimum absolute atomic E-state index is 0.226. The lowest BCUT2D eigenvalue weighted by Crippen LogP contribution is -2.36. The lowest BCUT2D eigenvalue weighted by atomic mass is 10.2. The zero-order valence-corrected chi connectivity index (χ0v) is 18.9. The maximum Gasteiger partial charge on any atom is 0.161 e. The Morgan fingerprint density at radius 2 is 1.70 bits per heavy atom. The van der Waals surface area contributed by atoms with E-state index in [2.05, 4.69) is 30.7 Å². The smallest absolute Gasteiger partial charge is 0.161 e. The Labute approximate surface area is 181 Å². The highest BCUT2D eigenvalue weighted by molar-refractivity contribution is 5.43. The molecule has 0 aliphatic heterocycles. The van der Waals surface area contributed by atoms with Gasteiger partial charge in [0.2, 0.25) is 0 Å². The van der Waals surface area contributed by atoms with Crippen molar-refractivity contribution in [2.45, 2.75) is 32.5 Å². The molecular weight excluding hydrogens is 380 g/mol. The number of aliphatic hydroxyl groups is 1. The molecule has 0 fully saturated rings.